The first-order valence-corrected chi connectivity index (χ1v) is 6.68. The molecular formula is C16H23FN2. The minimum absolute atomic E-state index is 0.194. The quantitative estimate of drug-likeness (QED) is 0.827. The highest BCUT2D eigenvalue weighted by molar-refractivity contribution is 5.37. The van der Waals surface area contributed by atoms with E-state index in [-0.39, 0.29) is 5.82 Å². The first-order chi connectivity index (χ1) is 9.02. The van der Waals surface area contributed by atoms with Crippen LogP contribution in [-0.2, 0) is 6.54 Å². The van der Waals surface area contributed by atoms with Gasteiger partial charge in [-0.1, -0.05) is 31.8 Å². The van der Waals surface area contributed by atoms with Crippen LogP contribution in [-0.4, -0.2) is 25.0 Å². The molecule has 1 aromatic carbocycles. The second-order valence-electron chi connectivity index (χ2n) is 5.23. The highest BCUT2D eigenvalue weighted by Crippen LogP contribution is 2.12. The predicted octanol–water partition coefficient (Wildman–Crippen LogP) is 2.61. The summed E-state index contributed by atoms with van der Waals surface area (Å²) in [5.41, 5.74) is 6.68. The molecule has 0 bridgehead atoms. The van der Waals surface area contributed by atoms with Crippen molar-refractivity contribution >= 4 is 0 Å². The van der Waals surface area contributed by atoms with Crippen LogP contribution in [0.15, 0.2) is 18.2 Å². The summed E-state index contributed by atoms with van der Waals surface area (Å²) < 4.78 is 13.9. The molecule has 0 heterocycles. The van der Waals surface area contributed by atoms with Crippen molar-refractivity contribution < 1.29 is 4.39 Å². The maximum atomic E-state index is 13.9. The third-order valence-corrected chi connectivity index (χ3v) is 2.92. The fraction of sp³-hybridized carbons (Fsp3) is 0.500. The van der Waals surface area contributed by atoms with Crippen LogP contribution in [0.2, 0.25) is 0 Å². The van der Waals surface area contributed by atoms with Gasteiger partial charge < -0.3 is 10.6 Å². The molecule has 0 radical (unpaired) electrons. The Bertz CT molecular complexity index is 458. The van der Waals surface area contributed by atoms with Crippen LogP contribution >= 0.6 is 0 Å². The number of rotatable bonds is 5. The Hall–Kier alpha value is -1.37. The standard InChI is InChI=1S/C16H23FN2/c1-13(2)8-10-19(3)12-15-7-6-14(5-4-9-18)11-16(15)17/h6-7,11,13H,8-10,12,18H2,1-3H3. The molecule has 0 saturated heterocycles. The van der Waals surface area contributed by atoms with Crippen LogP contribution in [0.3, 0.4) is 0 Å². The Morgan fingerprint density at radius 2 is 2.11 bits per heavy atom. The molecule has 0 spiro atoms. The summed E-state index contributed by atoms with van der Waals surface area (Å²) in [5, 5.41) is 0. The summed E-state index contributed by atoms with van der Waals surface area (Å²) in [6, 6.07) is 5.13. The zero-order chi connectivity index (χ0) is 14.3. The number of nitrogens with two attached hydrogens (primary N) is 1. The second-order valence-corrected chi connectivity index (χ2v) is 5.23. The lowest BCUT2D eigenvalue weighted by Crippen LogP contribution is -2.21. The van der Waals surface area contributed by atoms with Gasteiger partial charge in [0.2, 0.25) is 0 Å². The molecule has 0 aromatic heterocycles. The van der Waals surface area contributed by atoms with Crippen LogP contribution in [0.4, 0.5) is 4.39 Å². The molecule has 2 nitrogen and oxygen atoms in total. The van der Waals surface area contributed by atoms with E-state index in [4.69, 9.17) is 5.73 Å². The lowest BCUT2D eigenvalue weighted by molar-refractivity contribution is 0.299. The highest BCUT2D eigenvalue weighted by atomic mass is 19.1. The minimum Gasteiger partial charge on any atom is -0.320 e. The van der Waals surface area contributed by atoms with Crippen LogP contribution in [0.1, 0.15) is 31.4 Å². The first-order valence-electron chi connectivity index (χ1n) is 6.68. The SMILES string of the molecule is CC(C)CCN(C)Cc1ccc(C#CCN)cc1F. The second kappa shape index (κ2) is 7.93. The van der Waals surface area contributed by atoms with Crippen LogP contribution in [0.5, 0.6) is 0 Å². The van der Waals surface area contributed by atoms with E-state index in [0.717, 1.165) is 13.0 Å². The van der Waals surface area contributed by atoms with Crippen molar-refractivity contribution in [3.05, 3.63) is 35.1 Å². The van der Waals surface area contributed by atoms with Gasteiger partial charge in [-0.15, -0.1) is 0 Å². The zero-order valence-corrected chi connectivity index (χ0v) is 12.0. The number of halogens is 1. The zero-order valence-electron chi connectivity index (χ0n) is 12.0. The normalized spacial score (nSPS) is 10.7. The number of hydrogen-bond donors (Lipinski definition) is 1. The largest absolute Gasteiger partial charge is 0.320 e. The van der Waals surface area contributed by atoms with Gasteiger partial charge >= 0.3 is 0 Å². The van der Waals surface area contributed by atoms with Crippen LogP contribution in [0.25, 0.3) is 0 Å². The van der Waals surface area contributed by atoms with E-state index in [9.17, 15) is 4.39 Å². The molecule has 0 saturated carbocycles. The smallest absolute Gasteiger partial charge is 0.128 e. The van der Waals surface area contributed by atoms with Gasteiger partial charge in [0.05, 0.1) is 6.54 Å². The average Bonchev–Trinajstić information content (AvgIpc) is 2.37. The summed E-state index contributed by atoms with van der Waals surface area (Å²) in [7, 11) is 2.02. The van der Waals surface area contributed by atoms with Gasteiger partial charge in [0.15, 0.2) is 0 Å². The lowest BCUT2D eigenvalue weighted by atomic mass is 10.1. The van der Waals surface area contributed by atoms with E-state index in [1.54, 1.807) is 0 Å². The van der Waals surface area contributed by atoms with Crippen molar-refractivity contribution in [1.29, 1.82) is 0 Å². The highest BCUT2D eigenvalue weighted by Gasteiger charge is 2.07. The Balaban J connectivity index is 2.64. The van der Waals surface area contributed by atoms with Crippen LogP contribution in [0, 0.1) is 23.6 Å². The van der Waals surface area contributed by atoms with E-state index < -0.39 is 0 Å². The van der Waals surface area contributed by atoms with Crippen molar-refractivity contribution in [1.82, 2.24) is 4.90 Å². The minimum atomic E-state index is -0.194. The van der Waals surface area contributed by atoms with E-state index in [0.29, 0.717) is 30.1 Å². The Labute approximate surface area is 115 Å². The van der Waals surface area contributed by atoms with Gasteiger partial charge in [0.25, 0.3) is 0 Å². The van der Waals surface area contributed by atoms with Gasteiger partial charge in [-0.3, -0.25) is 0 Å². The van der Waals surface area contributed by atoms with Gasteiger partial charge in [-0.25, -0.2) is 4.39 Å². The molecule has 0 atom stereocenters. The Kier molecular flexibility index (Phi) is 6.55. The molecule has 0 aliphatic heterocycles. The number of benzene rings is 1. The van der Waals surface area contributed by atoms with Crippen molar-refractivity contribution in [3.8, 4) is 11.8 Å². The predicted molar refractivity (Wildman–Crippen MR) is 78.1 cm³/mol. The maximum absolute atomic E-state index is 13.9. The molecule has 1 rings (SSSR count). The molecule has 0 aliphatic carbocycles. The Morgan fingerprint density at radius 1 is 1.37 bits per heavy atom. The number of hydrogen-bond acceptors (Lipinski definition) is 2. The molecule has 0 fully saturated rings. The van der Waals surface area contributed by atoms with E-state index in [1.807, 2.05) is 19.2 Å². The first kappa shape index (κ1) is 15.7. The lowest BCUT2D eigenvalue weighted by Gasteiger charge is -2.18. The summed E-state index contributed by atoms with van der Waals surface area (Å²) in [6.45, 7) is 6.29. The van der Waals surface area contributed by atoms with E-state index in [1.165, 1.54) is 6.07 Å². The third kappa shape index (κ3) is 5.87. The number of nitrogens with zero attached hydrogens (tertiary/aromatic N) is 1. The third-order valence-electron chi connectivity index (χ3n) is 2.92. The van der Waals surface area contributed by atoms with Crippen molar-refractivity contribution in [2.75, 3.05) is 20.1 Å². The molecule has 0 unspecified atom stereocenters. The van der Waals surface area contributed by atoms with E-state index in [2.05, 4.69) is 30.6 Å². The topological polar surface area (TPSA) is 29.3 Å². The van der Waals surface area contributed by atoms with Gasteiger partial charge in [-0.2, -0.15) is 0 Å². The summed E-state index contributed by atoms with van der Waals surface area (Å²) in [5.74, 6) is 6.04. The molecule has 0 amide bonds. The fourth-order valence-corrected chi connectivity index (χ4v) is 1.75. The molecule has 2 N–H and O–H groups in total. The molecular weight excluding hydrogens is 239 g/mol. The van der Waals surface area contributed by atoms with E-state index >= 15 is 0 Å². The summed E-state index contributed by atoms with van der Waals surface area (Å²) in [6.07, 6.45) is 1.12. The van der Waals surface area contributed by atoms with Crippen molar-refractivity contribution in [2.24, 2.45) is 11.7 Å². The molecule has 104 valence electrons. The Morgan fingerprint density at radius 3 is 2.68 bits per heavy atom. The van der Waals surface area contributed by atoms with Crippen molar-refractivity contribution in [2.45, 2.75) is 26.8 Å². The monoisotopic (exact) mass is 262 g/mol. The molecule has 3 heteroatoms. The average molecular weight is 262 g/mol. The van der Waals surface area contributed by atoms with Crippen molar-refractivity contribution in [3.63, 3.8) is 0 Å². The molecule has 19 heavy (non-hydrogen) atoms. The fourth-order valence-electron chi connectivity index (χ4n) is 1.75. The molecule has 0 aliphatic rings. The van der Waals surface area contributed by atoms with Crippen LogP contribution < -0.4 is 5.73 Å². The molecule has 1 aromatic rings. The van der Waals surface area contributed by atoms with Gasteiger partial charge in [0, 0.05) is 17.7 Å². The van der Waals surface area contributed by atoms with Gasteiger partial charge in [-0.05, 0) is 38.1 Å². The maximum Gasteiger partial charge on any atom is 0.128 e. The summed E-state index contributed by atoms with van der Waals surface area (Å²) in [4.78, 5) is 2.14. The van der Waals surface area contributed by atoms with Gasteiger partial charge in [0.1, 0.15) is 5.82 Å². The summed E-state index contributed by atoms with van der Waals surface area (Å²) >= 11 is 0.